The highest BCUT2D eigenvalue weighted by Gasteiger charge is 2.41. The molecular formula is C13H24N2O. The Morgan fingerprint density at radius 2 is 2.19 bits per heavy atom. The molecule has 2 heterocycles. The zero-order valence-electron chi connectivity index (χ0n) is 10.8. The number of nitrogens with one attached hydrogen (secondary N) is 1. The minimum atomic E-state index is -0.147. The van der Waals surface area contributed by atoms with E-state index in [1.54, 1.807) is 0 Å². The lowest BCUT2D eigenvalue weighted by Crippen LogP contribution is -2.52. The summed E-state index contributed by atoms with van der Waals surface area (Å²) >= 11 is 0. The van der Waals surface area contributed by atoms with Crippen LogP contribution in [0.5, 0.6) is 0 Å². The van der Waals surface area contributed by atoms with Crippen LogP contribution in [0.4, 0.5) is 0 Å². The Bertz CT molecular complexity index is 271. The Kier molecular flexibility index (Phi) is 3.24. The minimum Gasteiger partial charge on any atom is -0.339 e. The molecule has 2 rings (SSSR count). The first kappa shape index (κ1) is 11.9. The maximum Gasteiger partial charge on any atom is 0.230 e. The van der Waals surface area contributed by atoms with E-state index in [2.05, 4.69) is 31.0 Å². The largest absolute Gasteiger partial charge is 0.339 e. The van der Waals surface area contributed by atoms with Crippen molar-refractivity contribution in [2.75, 3.05) is 19.6 Å². The molecule has 0 radical (unpaired) electrons. The lowest BCUT2D eigenvalue weighted by Gasteiger charge is -2.41. The second kappa shape index (κ2) is 4.36. The number of hydrogen-bond donors (Lipinski definition) is 1. The van der Waals surface area contributed by atoms with Gasteiger partial charge in [0.1, 0.15) is 0 Å². The third kappa shape index (κ3) is 1.97. The molecule has 3 atom stereocenters. The molecule has 0 aliphatic carbocycles. The van der Waals surface area contributed by atoms with E-state index in [-0.39, 0.29) is 5.41 Å². The van der Waals surface area contributed by atoms with Crippen LogP contribution < -0.4 is 5.32 Å². The van der Waals surface area contributed by atoms with E-state index in [4.69, 9.17) is 0 Å². The number of likely N-dealkylation sites (tertiary alicyclic amines) is 1. The molecule has 2 fully saturated rings. The lowest BCUT2D eigenvalue weighted by molar-refractivity contribution is -0.145. The number of rotatable bonds is 1. The molecular weight excluding hydrogens is 200 g/mol. The highest BCUT2D eigenvalue weighted by Crippen LogP contribution is 2.32. The standard InChI is InChI=1S/C13H24N2O/c1-10-5-4-8-15(11(10)2)12(16)13(3)6-7-14-9-13/h10-11,14H,4-9H2,1-3H3. The van der Waals surface area contributed by atoms with Crippen molar-refractivity contribution in [1.29, 1.82) is 0 Å². The van der Waals surface area contributed by atoms with Gasteiger partial charge < -0.3 is 10.2 Å². The molecule has 0 spiro atoms. The fourth-order valence-corrected chi connectivity index (χ4v) is 2.97. The molecule has 0 bridgehead atoms. The van der Waals surface area contributed by atoms with Gasteiger partial charge in [-0.2, -0.15) is 0 Å². The average molecular weight is 224 g/mol. The molecule has 92 valence electrons. The number of hydrogen-bond acceptors (Lipinski definition) is 2. The maximum atomic E-state index is 12.6. The van der Waals surface area contributed by atoms with Crippen LogP contribution in [-0.4, -0.2) is 36.5 Å². The van der Waals surface area contributed by atoms with Gasteiger partial charge in [0.25, 0.3) is 0 Å². The van der Waals surface area contributed by atoms with Gasteiger partial charge in [-0.3, -0.25) is 4.79 Å². The number of carbonyl (C=O) groups is 1. The van der Waals surface area contributed by atoms with Crippen LogP contribution in [0.3, 0.4) is 0 Å². The van der Waals surface area contributed by atoms with E-state index >= 15 is 0 Å². The number of nitrogens with zero attached hydrogens (tertiary/aromatic N) is 1. The first-order valence-electron chi connectivity index (χ1n) is 6.56. The molecule has 2 saturated heterocycles. The van der Waals surface area contributed by atoms with E-state index < -0.39 is 0 Å². The molecule has 0 aromatic heterocycles. The van der Waals surface area contributed by atoms with Crippen LogP contribution in [0.15, 0.2) is 0 Å². The zero-order chi connectivity index (χ0) is 11.8. The van der Waals surface area contributed by atoms with E-state index in [9.17, 15) is 4.79 Å². The summed E-state index contributed by atoms with van der Waals surface area (Å²) in [5.41, 5.74) is -0.147. The van der Waals surface area contributed by atoms with Crippen molar-refractivity contribution in [2.45, 2.75) is 46.1 Å². The summed E-state index contributed by atoms with van der Waals surface area (Å²) in [6.45, 7) is 9.37. The Hall–Kier alpha value is -0.570. The van der Waals surface area contributed by atoms with Gasteiger partial charge >= 0.3 is 0 Å². The minimum absolute atomic E-state index is 0.147. The number of piperidine rings is 1. The maximum absolute atomic E-state index is 12.6. The fraction of sp³-hybridized carbons (Fsp3) is 0.923. The van der Waals surface area contributed by atoms with Gasteiger partial charge in [-0.05, 0) is 45.6 Å². The molecule has 3 heteroatoms. The summed E-state index contributed by atoms with van der Waals surface area (Å²) in [5.74, 6) is 1.02. The molecule has 0 aromatic carbocycles. The van der Waals surface area contributed by atoms with E-state index in [1.165, 1.54) is 12.8 Å². The Morgan fingerprint density at radius 3 is 2.81 bits per heavy atom. The number of carbonyl (C=O) groups excluding carboxylic acids is 1. The van der Waals surface area contributed by atoms with E-state index in [1.807, 2.05) is 0 Å². The van der Waals surface area contributed by atoms with Gasteiger partial charge in [0.2, 0.25) is 5.91 Å². The summed E-state index contributed by atoms with van der Waals surface area (Å²) < 4.78 is 0. The molecule has 3 nitrogen and oxygen atoms in total. The van der Waals surface area contributed by atoms with Crippen molar-refractivity contribution < 1.29 is 4.79 Å². The van der Waals surface area contributed by atoms with Crippen LogP contribution >= 0.6 is 0 Å². The molecule has 16 heavy (non-hydrogen) atoms. The second-order valence-electron chi connectivity index (χ2n) is 5.85. The molecule has 1 amide bonds. The lowest BCUT2D eigenvalue weighted by atomic mass is 9.84. The van der Waals surface area contributed by atoms with Crippen molar-refractivity contribution in [3.63, 3.8) is 0 Å². The first-order valence-corrected chi connectivity index (χ1v) is 6.56. The molecule has 3 unspecified atom stereocenters. The Labute approximate surface area is 98.6 Å². The average Bonchev–Trinajstić information content (AvgIpc) is 2.70. The van der Waals surface area contributed by atoms with Gasteiger partial charge in [-0.1, -0.05) is 6.92 Å². The summed E-state index contributed by atoms with van der Waals surface area (Å²) in [4.78, 5) is 14.7. The zero-order valence-corrected chi connectivity index (χ0v) is 10.8. The first-order chi connectivity index (χ1) is 7.54. The predicted molar refractivity (Wildman–Crippen MR) is 65.2 cm³/mol. The van der Waals surface area contributed by atoms with Crippen LogP contribution in [-0.2, 0) is 4.79 Å². The highest BCUT2D eigenvalue weighted by atomic mass is 16.2. The van der Waals surface area contributed by atoms with Crippen molar-refractivity contribution in [2.24, 2.45) is 11.3 Å². The van der Waals surface area contributed by atoms with E-state index in [0.717, 1.165) is 26.1 Å². The molecule has 0 aromatic rings. The highest BCUT2D eigenvalue weighted by molar-refractivity contribution is 5.83. The van der Waals surface area contributed by atoms with Crippen LogP contribution in [0.2, 0.25) is 0 Å². The van der Waals surface area contributed by atoms with Gasteiger partial charge in [-0.15, -0.1) is 0 Å². The van der Waals surface area contributed by atoms with E-state index in [0.29, 0.717) is 17.9 Å². The molecule has 2 aliphatic heterocycles. The van der Waals surface area contributed by atoms with Crippen molar-refractivity contribution >= 4 is 5.91 Å². The summed E-state index contributed by atoms with van der Waals surface area (Å²) in [6.07, 6.45) is 3.42. The number of amides is 1. The molecule has 2 aliphatic rings. The van der Waals surface area contributed by atoms with Crippen LogP contribution in [0.1, 0.15) is 40.0 Å². The smallest absolute Gasteiger partial charge is 0.230 e. The Morgan fingerprint density at radius 1 is 1.44 bits per heavy atom. The summed E-state index contributed by atoms with van der Waals surface area (Å²) in [6, 6.07) is 0.415. The van der Waals surface area contributed by atoms with Crippen molar-refractivity contribution in [3.05, 3.63) is 0 Å². The van der Waals surface area contributed by atoms with Gasteiger partial charge in [0.15, 0.2) is 0 Å². The van der Waals surface area contributed by atoms with Gasteiger partial charge in [-0.25, -0.2) is 0 Å². The van der Waals surface area contributed by atoms with Crippen LogP contribution in [0.25, 0.3) is 0 Å². The quantitative estimate of drug-likeness (QED) is 0.734. The van der Waals surface area contributed by atoms with Crippen LogP contribution in [0, 0.1) is 11.3 Å². The summed E-state index contributed by atoms with van der Waals surface area (Å²) in [5, 5.41) is 3.31. The van der Waals surface area contributed by atoms with Gasteiger partial charge in [0.05, 0.1) is 5.41 Å². The Balaban J connectivity index is 2.08. The fourth-order valence-electron chi connectivity index (χ4n) is 2.97. The summed E-state index contributed by atoms with van der Waals surface area (Å²) in [7, 11) is 0. The predicted octanol–water partition coefficient (Wildman–Crippen LogP) is 1.63. The van der Waals surface area contributed by atoms with Gasteiger partial charge in [0, 0.05) is 19.1 Å². The monoisotopic (exact) mass is 224 g/mol. The third-order valence-corrected chi connectivity index (χ3v) is 4.52. The topological polar surface area (TPSA) is 32.3 Å². The molecule has 1 N–H and O–H groups in total. The second-order valence-corrected chi connectivity index (χ2v) is 5.85. The third-order valence-electron chi connectivity index (χ3n) is 4.52. The normalized spacial score (nSPS) is 40.1. The van der Waals surface area contributed by atoms with Crippen molar-refractivity contribution in [1.82, 2.24) is 10.2 Å². The molecule has 0 saturated carbocycles. The SMILES string of the molecule is CC1CCCN(C(=O)C2(C)CCNC2)C1C. The van der Waals surface area contributed by atoms with Crippen molar-refractivity contribution in [3.8, 4) is 0 Å².